The fourth-order valence-electron chi connectivity index (χ4n) is 3.08. The number of nitrogens with zero attached hydrogens (tertiary/aromatic N) is 2. The van der Waals surface area contributed by atoms with Gasteiger partial charge in [-0.25, -0.2) is 4.99 Å². The fraction of sp³-hybridized carbons (Fsp3) is 0.125. The Morgan fingerprint density at radius 1 is 0.967 bits per heavy atom. The summed E-state index contributed by atoms with van der Waals surface area (Å²) >= 11 is 1.44. The highest BCUT2D eigenvalue weighted by Gasteiger charge is 2.16. The standard InChI is InChI=1S/C24H21N3O2S/c1-29-19-11-7-10-18(14-19)25-23(28)16-30-24-15-22(17-8-3-2-4-9-17)26-20-12-5-6-13-21(20)27-24/h2-14H,15-16H2,1H3,(H,25,28). The molecule has 0 spiro atoms. The zero-order valence-corrected chi connectivity index (χ0v) is 17.4. The lowest BCUT2D eigenvalue weighted by Crippen LogP contribution is -2.16. The second-order valence-electron chi connectivity index (χ2n) is 6.66. The lowest BCUT2D eigenvalue weighted by molar-refractivity contribution is -0.113. The van der Waals surface area contributed by atoms with E-state index in [9.17, 15) is 4.79 Å². The number of hydrogen-bond donors (Lipinski definition) is 1. The number of fused-ring (bicyclic) bond motifs is 1. The summed E-state index contributed by atoms with van der Waals surface area (Å²) in [4.78, 5) is 22.1. The molecule has 1 aliphatic heterocycles. The van der Waals surface area contributed by atoms with Crippen LogP contribution in [0.25, 0.3) is 0 Å². The number of thioether (sulfide) groups is 1. The largest absolute Gasteiger partial charge is 0.497 e. The molecule has 1 heterocycles. The number of methoxy groups -OCH3 is 1. The molecule has 0 aromatic heterocycles. The fourth-order valence-corrected chi connectivity index (χ4v) is 3.85. The molecule has 4 rings (SSSR count). The number of amides is 1. The van der Waals surface area contributed by atoms with Crippen LogP contribution in [-0.2, 0) is 4.79 Å². The predicted octanol–water partition coefficient (Wildman–Crippen LogP) is 5.62. The van der Waals surface area contributed by atoms with Gasteiger partial charge in [0.25, 0.3) is 0 Å². The van der Waals surface area contributed by atoms with Crippen molar-refractivity contribution in [2.24, 2.45) is 9.98 Å². The van der Waals surface area contributed by atoms with Gasteiger partial charge in [-0.2, -0.15) is 0 Å². The number of anilines is 1. The number of hydrogen-bond acceptors (Lipinski definition) is 5. The highest BCUT2D eigenvalue weighted by molar-refractivity contribution is 8.14. The number of nitrogens with one attached hydrogen (secondary N) is 1. The zero-order valence-electron chi connectivity index (χ0n) is 16.5. The Hall–Kier alpha value is -3.38. The number of carbonyl (C=O) groups is 1. The van der Waals surface area contributed by atoms with Crippen LogP contribution >= 0.6 is 11.8 Å². The van der Waals surface area contributed by atoms with Crippen molar-refractivity contribution in [3.05, 3.63) is 84.4 Å². The van der Waals surface area contributed by atoms with Crippen LogP contribution in [0.5, 0.6) is 5.75 Å². The van der Waals surface area contributed by atoms with E-state index in [4.69, 9.17) is 14.7 Å². The van der Waals surface area contributed by atoms with Gasteiger partial charge in [0.05, 0.1) is 35.0 Å². The maximum absolute atomic E-state index is 12.5. The Labute approximate surface area is 179 Å². The summed E-state index contributed by atoms with van der Waals surface area (Å²) in [5.41, 5.74) is 4.37. The summed E-state index contributed by atoms with van der Waals surface area (Å²) in [5, 5.41) is 3.77. The molecule has 0 saturated carbocycles. The van der Waals surface area contributed by atoms with Gasteiger partial charge in [-0.15, -0.1) is 11.8 Å². The smallest absolute Gasteiger partial charge is 0.234 e. The van der Waals surface area contributed by atoms with E-state index in [1.807, 2.05) is 72.8 Å². The van der Waals surface area contributed by atoms with Crippen LogP contribution in [0.15, 0.2) is 88.8 Å². The average molecular weight is 416 g/mol. The molecule has 0 saturated heterocycles. The molecule has 0 fully saturated rings. The summed E-state index contributed by atoms with van der Waals surface area (Å²) in [5.74, 6) is 0.876. The quantitative estimate of drug-likeness (QED) is 0.588. The number of aliphatic imine (C=N–C) groups is 2. The van der Waals surface area contributed by atoms with Gasteiger partial charge in [0, 0.05) is 18.2 Å². The van der Waals surface area contributed by atoms with Gasteiger partial charge < -0.3 is 10.1 Å². The highest BCUT2D eigenvalue weighted by Crippen LogP contribution is 2.33. The van der Waals surface area contributed by atoms with E-state index in [-0.39, 0.29) is 11.7 Å². The average Bonchev–Trinajstić information content (AvgIpc) is 2.98. The van der Waals surface area contributed by atoms with Gasteiger partial charge in [0.1, 0.15) is 5.75 Å². The molecule has 0 atom stereocenters. The SMILES string of the molecule is COc1cccc(NC(=O)CSC2=Nc3ccccc3N=C(c3ccccc3)C2)c1. The molecule has 1 amide bonds. The van der Waals surface area contributed by atoms with Crippen LogP contribution < -0.4 is 10.1 Å². The van der Waals surface area contributed by atoms with Gasteiger partial charge in [0.2, 0.25) is 5.91 Å². The van der Waals surface area contributed by atoms with Crippen LogP contribution in [0.4, 0.5) is 17.1 Å². The first-order valence-corrected chi connectivity index (χ1v) is 10.6. The molecule has 0 unspecified atom stereocenters. The number of benzene rings is 3. The predicted molar refractivity (Wildman–Crippen MR) is 125 cm³/mol. The van der Waals surface area contributed by atoms with E-state index in [1.165, 1.54) is 11.8 Å². The van der Waals surface area contributed by atoms with Crippen LogP contribution in [0.3, 0.4) is 0 Å². The molecule has 0 bridgehead atoms. The van der Waals surface area contributed by atoms with Gasteiger partial charge in [0.15, 0.2) is 0 Å². The van der Waals surface area contributed by atoms with E-state index in [1.54, 1.807) is 13.2 Å². The third kappa shape index (κ3) is 4.96. The van der Waals surface area contributed by atoms with E-state index in [0.29, 0.717) is 17.9 Å². The van der Waals surface area contributed by atoms with Gasteiger partial charge >= 0.3 is 0 Å². The first-order valence-electron chi connectivity index (χ1n) is 9.57. The summed E-state index contributed by atoms with van der Waals surface area (Å²) < 4.78 is 5.20. The molecule has 0 radical (unpaired) electrons. The first kappa shape index (κ1) is 19.9. The van der Waals surface area contributed by atoms with Crippen LogP contribution in [0.1, 0.15) is 12.0 Å². The molecule has 1 aliphatic rings. The van der Waals surface area contributed by atoms with Gasteiger partial charge in [-0.3, -0.25) is 9.79 Å². The van der Waals surface area contributed by atoms with E-state index < -0.39 is 0 Å². The van der Waals surface area contributed by atoms with E-state index in [0.717, 1.165) is 27.7 Å². The molecular formula is C24H21N3O2S. The minimum atomic E-state index is -0.0910. The summed E-state index contributed by atoms with van der Waals surface area (Å²) in [6.45, 7) is 0. The first-order chi connectivity index (χ1) is 14.7. The van der Waals surface area contributed by atoms with Crippen molar-refractivity contribution in [3.63, 3.8) is 0 Å². The van der Waals surface area contributed by atoms with Gasteiger partial charge in [-0.1, -0.05) is 48.5 Å². The maximum atomic E-state index is 12.5. The third-order valence-electron chi connectivity index (χ3n) is 4.53. The van der Waals surface area contributed by atoms with Crippen molar-refractivity contribution in [1.29, 1.82) is 0 Å². The van der Waals surface area contributed by atoms with Crippen molar-refractivity contribution in [3.8, 4) is 5.75 Å². The second-order valence-corrected chi connectivity index (χ2v) is 7.71. The highest BCUT2D eigenvalue weighted by atomic mass is 32.2. The second kappa shape index (κ2) is 9.41. The van der Waals surface area contributed by atoms with Crippen molar-refractivity contribution in [2.75, 3.05) is 18.2 Å². The van der Waals surface area contributed by atoms with E-state index in [2.05, 4.69) is 5.32 Å². The molecule has 3 aromatic rings. The zero-order chi connectivity index (χ0) is 20.8. The topological polar surface area (TPSA) is 63.0 Å². The van der Waals surface area contributed by atoms with E-state index >= 15 is 0 Å². The van der Waals surface area contributed by atoms with Gasteiger partial charge in [-0.05, 0) is 29.8 Å². The van der Waals surface area contributed by atoms with Crippen LogP contribution in [0.2, 0.25) is 0 Å². The van der Waals surface area contributed by atoms with Crippen molar-refractivity contribution < 1.29 is 9.53 Å². The van der Waals surface area contributed by atoms with Crippen molar-refractivity contribution in [1.82, 2.24) is 0 Å². The minimum absolute atomic E-state index is 0.0910. The number of ether oxygens (including phenoxy) is 1. The minimum Gasteiger partial charge on any atom is -0.497 e. The summed E-state index contributed by atoms with van der Waals surface area (Å²) in [6.07, 6.45) is 0.579. The van der Waals surface area contributed by atoms with Crippen molar-refractivity contribution >= 4 is 45.5 Å². The molecule has 1 N–H and O–H groups in total. The normalized spacial score (nSPS) is 12.8. The van der Waals surface area contributed by atoms with Crippen LogP contribution in [0, 0.1) is 0 Å². The Bertz CT molecular complexity index is 1110. The molecule has 5 nitrogen and oxygen atoms in total. The molecule has 30 heavy (non-hydrogen) atoms. The lowest BCUT2D eigenvalue weighted by atomic mass is 10.1. The lowest BCUT2D eigenvalue weighted by Gasteiger charge is -2.09. The van der Waals surface area contributed by atoms with Crippen LogP contribution in [-0.4, -0.2) is 29.5 Å². The molecular weight excluding hydrogens is 394 g/mol. The Balaban J connectivity index is 1.50. The molecule has 3 aromatic carbocycles. The maximum Gasteiger partial charge on any atom is 0.234 e. The Morgan fingerprint density at radius 3 is 2.47 bits per heavy atom. The summed E-state index contributed by atoms with van der Waals surface area (Å²) in [7, 11) is 1.60. The summed E-state index contributed by atoms with van der Waals surface area (Å²) in [6, 6.07) is 25.2. The Kier molecular flexibility index (Phi) is 6.25. The monoisotopic (exact) mass is 415 g/mol. The molecule has 0 aliphatic carbocycles. The number of rotatable bonds is 5. The molecule has 150 valence electrons. The molecule has 6 heteroatoms. The number of para-hydroxylation sites is 2. The van der Waals surface area contributed by atoms with Crippen molar-refractivity contribution in [2.45, 2.75) is 6.42 Å². The number of carbonyl (C=O) groups excluding carboxylic acids is 1. The third-order valence-corrected chi connectivity index (χ3v) is 5.51. The Morgan fingerprint density at radius 2 is 1.70 bits per heavy atom.